The molecule has 0 aliphatic heterocycles. The first kappa shape index (κ1) is 12.2. The van der Waals surface area contributed by atoms with Crippen LogP contribution in [0.2, 0.25) is 0 Å². The molecule has 0 saturated carbocycles. The van der Waals surface area contributed by atoms with Crippen molar-refractivity contribution in [2.45, 2.75) is 39.2 Å². The van der Waals surface area contributed by atoms with Crippen LogP contribution in [0.1, 0.15) is 43.9 Å². The van der Waals surface area contributed by atoms with Gasteiger partial charge in [-0.15, -0.1) is 0 Å². The number of rotatable bonds is 4. The lowest BCUT2D eigenvalue weighted by molar-refractivity contribution is 0.286. The smallest absolute Gasteiger partial charge is 0.161 e. The molecule has 1 aliphatic carbocycles. The Morgan fingerprint density at radius 2 is 1.82 bits per heavy atom. The summed E-state index contributed by atoms with van der Waals surface area (Å²) >= 11 is 0. The Bertz CT molecular complexity index is 390. The molecule has 0 radical (unpaired) electrons. The molecule has 17 heavy (non-hydrogen) atoms. The van der Waals surface area contributed by atoms with E-state index in [4.69, 9.17) is 15.2 Å². The molecule has 0 amide bonds. The average Bonchev–Trinajstić information content (AvgIpc) is 2.32. The van der Waals surface area contributed by atoms with Crippen molar-refractivity contribution in [3.8, 4) is 11.5 Å². The number of aryl methyl sites for hydroxylation is 1. The molecular weight excluding hydrogens is 214 g/mol. The van der Waals surface area contributed by atoms with E-state index in [1.165, 1.54) is 11.1 Å². The van der Waals surface area contributed by atoms with Gasteiger partial charge >= 0.3 is 0 Å². The van der Waals surface area contributed by atoms with Gasteiger partial charge in [-0.1, -0.05) is 0 Å². The first-order valence-electron chi connectivity index (χ1n) is 6.44. The molecule has 0 fully saturated rings. The summed E-state index contributed by atoms with van der Waals surface area (Å²) < 4.78 is 11.2. The highest BCUT2D eigenvalue weighted by Gasteiger charge is 2.20. The van der Waals surface area contributed by atoms with Gasteiger partial charge in [-0.2, -0.15) is 0 Å². The number of fused-ring (bicyclic) bond motifs is 1. The van der Waals surface area contributed by atoms with Crippen molar-refractivity contribution >= 4 is 0 Å². The SMILES string of the molecule is CCOc1cc2c(cc1OCC)[C@H](N)CCC2. The third-order valence-corrected chi connectivity index (χ3v) is 3.17. The molecule has 3 nitrogen and oxygen atoms in total. The first-order valence-corrected chi connectivity index (χ1v) is 6.44. The van der Waals surface area contributed by atoms with Crippen LogP contribution < -0.4 is 15.2 Å². The molecule has 0 saturated heterocycles. The Labute approximate surface area is 103 Å². The quantitative estimate of drug-likeness (QED) is 0.872. The number of benzene rings is 1. The zero-order chi connectivity index (χ0) is 12.3. The lowest BCUT2D eigenvalue weighted by Crippen LogP contribution is -2.17. The minimum absolute atomic E-state index is 0.147. The van der Waals surface area contributed by atoms with Crippen LogP contribution in [0.4, 0.5) is 0 Å². The van der Waals surface area contributed by atoms with Gasteiger partial charge in [0, 0.05) is 6.04 Å². The van der Waals surface area contributed by atoms with E-state index in [1.54, 1.807) is 0 Å². The van der Waals surface area contributed by atoms with Crippen LogP contribution in [0.5, 0.6) is 11.5 Å². The van der Waals surface area contributed by atoms with Crippen molar-refractivity contribution in [1.82, 2.24) is 0 Å². The zero-order valence-electron chi connectivity index (χ0n) is 10.7. The summed E-state index contributed by atoms with van der Waals surface area (Å²) in [5.41, 5.74) is 8.68. The molecule has 1 atom stereocenters. The summed E-state index contributed by atoms with van der Waals surface area (Å²) in [5, 5.41) is 0. The monoisotopic (exact) mass is 235 g/mol. The lowest BCUT2D eigenvalue weighted by Gasteiger charge is -2.24. The van der Waals surface area contributed by atoms with E-state index in [1.807, 2.05) is 13.8 Å². The van der Waals surface area contributed by atoms with Crippen LogP contribution in [0.25, 0.3) is 0 Å². The van der Waals surface area contributed by atoms with Crippen LogP contribution in [0, 0.1) is 0 Å². The summed E-state index contributed by atoms with van der Waals surface area (Å²) in [6.07, 6.45) is 3.32. The molecule has 0 heterocycles. The van der Waals surface area contributed by atoms with Crippen LogP contribution in [-0.2, 0) is 6.42 Å². The number of ether oxygens (including phenoxy) is 2. The Kier molecular flexibility index (Phi) is 3.89. The van der Waals surface area contributed by atoms with Gasteiger partial charge < -0.3 is 15.2 Å². The normalized spacial score (nSPS) is 18.6. The Morgan fingerprint density at radius 1 is 1.18 bits per heavy atom. The van der Waals surface area contributed by atoms with E-state index < -0.39 is 0 Å². The predicted molar refractivity (Wildman–Crippen MR) is 68.6 cm³/mol. The molecule has 0 unspecified atom stereocenters. The fourth-order valence-electron chi connectivity index (χ4n) is 2.38. The van der Waals surface area contributed by atoms with E-state index in [-0.39, 0.29) is 6.04 Å². The minimum Gasteiger partial charge on any atom is -0.490 e. The summed E-state index contributed by atoms with van der Waals surface area (Å²) in [4.78, 5) is 0. The minimum atomic E-state index is 0.147. The maximum atomic E-state index is 6.14. The summed E-state index contributed by atoms with van der Waals surface area (Å²) in [6, 6.07) is 4.31. The number of hydrogen-bond donors (Lipinski definition) is 1. The standard InChI is InChI=1S/C14H21NO2/c1-3-16-13-8-10-6-5-7-12(15)11(10)9-14(13)17-4-2/h8-9,12H,3-7,15H2,1-2H3/t12-/m1/s1. The Balaban J connectivity index is 2.39. The number of nitrogens with two attached hydrogens (primary N) is 1. The van der Waals surface area contributed by atoms with Gasteiger partial charge in [0.1, 0.15) is 0 Å². The maximum absolute atomic E-state index is 6.14. The molecule has 1 aromatic carbocycles. The third-order valence-electron chi connectivity index (χ3n) is 3.17. The van der Waals surface area contributed by atoms with E-state index in [0.29, 0.717) is 13.2 Å². The van der Waals surface area contributed by atoms with Crippen LogP contribution in [-0.4, -0.2) is 13.2 Å². The van der Waals surface area contributed by atoms with Crippen molar-refractivity contribution < 1.29 is 9.47 Å². The highest BCUT2D eigenvalue weighted by Crippen LogP contribution is 2.37. The maximum Gasteiger partial charge on any atom is 0.161 e. The van der Waals surface area contributed by atoms with Crippen molar-refractivity contribution in [3.05, 3.63) is 23.3 Å². The van der Waals surface area contributed by atoms with Crippen molar-refractivity contribution in [2.24, 2.45) is 5.73 Å². The average molecular weight is 235 g/mol. The molecule has 1 aromatic rings. The lowest BCUT2D eigenvalue weighted by atomic mass is 9.88. The molecule has 0 bridgehead atoms. The van der Waals surface area contributed by atoms with E-state index >= 15 is 0 Å². The first-order chi connectivity index (χ1) is 8.26. The van der Waals surface area contributed by atoms with Gasteiger partial charge in [-0.25, -0.2) is 0 Å². The molecule has 3 heteroatoms. The van der Waals surface area contributed by atoms with Crippen molar-refractivity contribution in [1.29, 1.82) is 0 Å². The third kappa shape index (κ3) is 2.55. The highest BCUT2D eigenvalue weighted by atomic mass is 16.5. The largest absolute Gasteiger partial charge is 0.490 e. The predicted octanol–water partition coefficient (Wildman–Crippen LogP) is 2.82. The van der Waals surface area contributed by atoms with Crippen molar-refractivity contribution in [2.75, 3.05) is 13.2 Å². The van der Waals surface area contributed by atoms with Crippen LogP contribution in [0.3, 0.4) is 0 Å². The zero-order valence-corrected chi connectivity index (χ0v) is 10.7. The second kappa shape index (κ2) is 5.41. The Hall–Kier alpha value is -1.22. The fraction of sp³-hybridized carbons (Fsp3) is 0.571. The molecule has 2 rings (SSSR count). The van der Waals surface area contributed by atoms with Crippen molar-refractivity contribution in [3.63, 3.8) is 0 Å². The van der Waals surface area contributed by atoms with Gasteiger partial charge in [0.25, 0.3) is 0 Å². The van der Waals surface area contributed by atoms with Gasteiger partial charge in [-0.05, 0) is 56.4 Å². The second-order valence-corrected chi connectivity index (χ2v) is 4.36. The van der Waals surface area contributed by atoms with E-state index in [2.05, 4.69) is 12.1 Å². The van der Waals surface area contributed by atoms with E-state index in [9.17, 15) is 0 Å². The molecule has 0 spiro atoms. The summed E-state index contributed by atoms with van der Waals surface area (Å²) in [7, 11) is 0. The second-order valence-electron chi connectivity index (χ2n) is 4.36. The van der Waals surface area contributed by atoms with Gasteiger partial charge in [0.05, 0.1) is 13.2 Å². The summed E-state index contributed by atoms with van der Waals surface area (Å²) in [6.45, 7) is 5.27. The molecular formula is C14H21NO2. The van der Waals surface area contributed by atoms with Gasteiger partial charge in [0.15, 0.2) is 11.5 Å². The van der Waals surface area contributed by atoms with E-state index in [0.717, 1.165) is 30.8 Å². The summed E-state index contributed by atoms with van der Waals surface area (Å²) in [5.74, 6) is 1.67. The topological polar surface area (TPSA) is 44.5 Å². The number of hydrogen-bond acceptors (Lipinski definition) is 3. The van der Waals surface area contributed by atoms with Gasteiger partial charge in [0.2, 0.25) is 0 Å². The van der Waals surface area contributed by atoms with Crippen LogP contribution in [0.15, 0.2) is 12.1 Å². The molecule has 0 aromatic heterocycles. The van der Waals surface area contributed by atoms with Crippen LogP contribution >= 0.6 is 0 Å². The molecule has 2 N–H and O–H groups in total. The highest BCUT2D eigenvalue weighted by molar-refractivity contribution is 5.49. The Morgan fingerprint density at radius 3 is 2.47 bits per heavy atom. The molecule has 1 aliphatic rings. The molecule has 94 valence electrons. The van der Waals surface area contributed by atoms with Gasteiger partial charge in [-0.3, -0.25) is 0 Å². The fourth-order valence-corrected chi connectivity index (χ4v) is 2.38.